The van der Waals surface area contributed by atoms with Crippen LogP contribution in [-0.2, 0) is 6.18 Å². The molecule has 0 aromatic heterocycles. The van der Waals surface area contributed by atoms with Crippen LogP contribution in [0.5, 0.6) is 0 Å². The van der Waals surface area contributed by atoms with E-state index in [1.54, 1.807) is 0 Å². The maximum Gasteiger partial charge on any atom is 0.418 e. The van der Waals surface area contributed by atoms with Crippen LogP contribution in [0.1, 0.15) is 19.4 Å². The molecule has 1 aromatic rings. The molecular weight excluding hydrogens is 309 g/mol. The normalized spacial score (nSPS) is 18.6. The topological polar surface area (TPSA) is 24.4 Å². The van der Waals surface area contributed by atoms with Crippen molar-refractivity contribution in [3.63, 3.8) is 0 Å². The monoisotopic (exact) mass is 322 g/mol. The van der Waals surface area contributed by atoms with Crippen LogP contribution in [-0.4, -0.2) is 17.5 Å². The van der Waals surface area contributed by atoms with Crippen LogP contribution >= 0.6 is 23.4 Å². The van der Waals surface area contributed by atoms with E-state index in [4.69, 9.17) is 11.6 Å². The second-order valence-corrected chi connectivity index (χ2v) is 6.73. The third-order valence-electron chi connectivity index (χ3n) is 2.80. The quantitative estimate of drug-likeness (QED) is 0.795. The van der Waals surface area contributed by atoms with E-state index in [9.17, 15) is 13.2 Å². The Hall–Kier alpha value is -0.880. The first-order valence-corrected chi connectivity index (χ1v) is 7.35. The molecule has 0 spiro atoms. The molecule has 20 heavy (non-hydrogen) atoms. The van der Waals surface area contributed by atoms with Crippen LogP contribution in [0.25, 0.3) is 0 Å². The molecule has 2 rings (SSSR count). The van der Waals surface area contributed by atoms with Gasteiger partial charge in [0.1, 0.15) is 0 Å². The van der Waals surface area contributed by atoms with Crippen LogP contribution in [0.15, 0.2) is 23.2 Å². The Bertz CT molecular complexity index is 541. The van der Waals surface area contributed by atoms with Gasteiger partial charge in [-0.1, -0.05) is 43.3 Å². The van der Waals surface area contributed by atoms with Crippen LogP contribution in [0.4, 0.5) is 18.9 Å². The molecule has 2 nitrogen and oxygen atoms in total. The van der Waals surface area contributed by atoms with E-state index in [0.29, 0.717) is 11.7 Å². The van der Waals surface area contributed by atoms with Crippen molar-refractivity contribution in [1.82, 2.24) is 0 Å². The van der Waals surface area contributed by atoms with Crippen molar-refractivity contribution in [2.45, 2.75) is 20.0 Å². The predicted octanol–water partition coefficient (Wildman–Crippen LogP) is 4.90. The smallest absolute Gasteiger partial charge is 0.333 e. The van der Waals surface area contributed by atoms with Gasteiger partial charge in [-0.05, 0) is 17.5 Å². The summed E-state index contributed by atoms with van der Waals surface area (Å²) in [5, 5.41) is 3.23. The van der Waals surface area contributed by atoms with Gasteiger partial charge in [0, 0.05) is 12.3 Å². The third-order valence-corrected chi connectivity index (χ3v) is 4.55. The Balaban J connectivity index is 2.28. The Labute approximate surface area is 124 Å². The van der Waals surface area contributed by atoms with E-state index in [1.807, 2.05) is 0 Å². The van der Waals surface area contributed by atoms with Crippen LogP contribution in [0, 0.1) is 5.41 Å². The lowest BCUT2D eigenvalue weighted by atomic mass is 9.97. The van der Waals surface area contributed by atoms with E-state index in [-0.39, 0.29) is 16.1 Å². The van der Waals surface area contributed by atoms with Gasteiger partial charge in [-0.15, -0.1) is 0 Å². The minimum absolute atomic E-state index is 0.0351. The van der Waals surface area contributed by atoms with Crippen LogP contribution in [0.3, 0.4) is 0 Å². The zero-order chi connectivity index (χ0) is 15.0. The van der Waals surface area contributed by atoms with E-state index < -0.39 is 11.7 Å². The number of halogens is 4. The molecule has 0 aliphatic carbocycles. The Morgan fingerprint density at radius 3 is 2.60 bits per heavy atom. The number of hydrogen-bond donors (Lipinski definition) is 1. The van der Waals surface area contributed by atoms with Crippen molar-refractivity contribution >= 4 is 34.2 Å². The summed E-state index contributed by atoms with van der Waals surface area (Å²) in [5.41, 5.74) is -0.853. The zero-order valence-electron chi connectivity index (χ0n) is 11.0. The highest BCUT2D eigenvalue weighted by Crippen LogP contribution is 2.39. The zero-order valence-corrected chi connectivity index (χ0v) is 12.6. The molecule has 0 fully saturated rings. The highest BCUT2D eigenvalue weighted by Gasteiger charge is 2.35. The summed E-state index contributed by atoms with van der Waals surface area (Å²) in [4.78, 5) is 4.28. The summed E-state index contributed by atoms with van der Waals surface area (Å²) in [6.07, 6.45) is -4.45. The lowest BCUT2D eigenvalue weighted by Gasteiger charge is -2.28. The number of rotatable bonds is 1. The number of hydrogen-bond acceptors (Lipinski definition) is 3. The molecule has 0 saturated heterocycles. The van der Waals surface area contributed by atoms with Gasteiger partial charge >= 0.3 is 6.18 Å². The van der Waals surface area contributed by atoms with E-state index in [1.165, 1.54) is 23.9 Å². The first-order chi connectivity index (χ1) is 9.19. The lowest BCUT2D eigenvalue weighted by molar-refractivity contribution is -0.136. The Morgan fingerprint density at radius 1 is 1.35 bits per heavy atom. The number of amidine groups is 1. The van der Waals surface area contributed by atoms with E-state index in [2.05, 4.69) is 24.2 Å². The molecule has 1 N–H and O–H groups in total. The number of benzene rings is 1. The molecule has 1 heterocycles. The van der Waals surface area contributed by atoms with Gasteiger partial charge in [-0.25, -0.2) is 0 Å². The number of anilines is 1. The third kappa shape index (κ3) is 3.61. The fourth-order valence-electron chi connectivity index (χ4n) is 1.71. The molecule has 1 aliphatic heterocycles. The largest absolute Gasteiger partial charge is 0.418 e. The van der Waals surface area contributed by atoms with Gasteiger partial charge in [0.25, 0.3) is 0 Å². The maximum atomic E-state index is 13.0. The van der Waals surface area contributed by atoms with E-state index in [0.717, 1.165) is 11.8 Å². The molecule has 0 atom stereocenters. The van der Waals surface area contributed by atoms with Crippen molar-refractivity contribution in [2.75, 3.05) is 17.6 Å². The molecule has 0 amide bonds. The molecule has 110 valence electrons. The Kier molecular flexibility index (Phi) is 4.25. The van der Waals surface area contributed by atoms with Crippen molar-refractivity contribution in [3.05, 3.63) is 28.8 Å². The summed E-state index contributed by atoms with van der Waals surface area (Å²) in [6.45, 7) is 4.71. The molecular formula is C13H14ClF3N2S. The summed E-state index contributed by atoms with van der Waals surface area (Å²) >= 11 is 7.29. The maximum absolute atomic E-state index is 13.0. The van der Waals surface area contributed by atoms with Crippen molar-refractivity contribution < 1.29 is 13.2 Å². The molecule has 7 heteroatoms. The highest BCUT2D eigenvalue weighted by atomic mass is 35.5. The average Bonchev–Trinajstić information content (AvgIpc) is 2.32. The average molecular weight is 323 g/mol. The number of para-hydroxylation sites is 1. The van der Waals surface area contributed by atoms with Crippen molar-refractivity contribution in [1.29, 1.82) is 0 Å². The van der Waals surface area contributed by atoms with Crippen LogP contribution in [0.2, 0.25) is 5.02 Å². The molecule has 1 aromatic carbocycles. The summed E-state index contributed by atoms with van der Waals surface area (Å²) in [7, 11) is 0. The molecule has 0 bridgehead atoms. The lowest BCUT2D eigenvalue weighted by Crippen LogP contribution is -2.28. The molecule has 0 unspecified atom stereocenters. The Morgan fingerprint density at radius 2 is 2.05 bits per heavy atom. The highest BCUT2D eigenvalue weighted by molar-refractivity contribution is 8.14. The second-order valence-electron chi connectivity index (χ2n) is 5.36. The van der Waals surface area contributed by atoms with Gasteiger partial charge in [0.2, 0.25) is 0 Å². The first-order valence-electron chi connectivity index (χ1n) is 5.99. The minimum atomic E-state index is -4.45. The number of aliphatic imine (C=N–C) groups is 1. The van der Waals surface area contributed by atoms with Gasteiger partial charge in [-0.3, -0.25) is 4.99 Å². The van der Waals surface area contributed by atoms with Crippen molar-refractivity contribution in [2.24, 2.45) is 10.4 Å². The molecule has 0 saturated carbocycles. The van der Waals surface area contributed by atoms with Gasteiger partial charge in [0.15, 0.2) is 5.17 Å². The van der Waals surface area contributed by atoms with Gasteiger partial charge < -0.3 is 5.32 Å². The van der Waals surface area contributed by atoms with Gasteiger partial charge in [0.05, 0.1) is 16.3 Å². The summed E-state index contributed by atoms with van der Waals surface area (Å²) in [6, 6.07) is 3.72. The number of nitrogens with zero attached hydrogens (tertiary/aromatic N) is 1. The molecule has 0 radical (unpaired) electrons. The van der Waals surface area contributed by atoms with E-state index >= 15 is 0 Å². The minimum Gasteiger partial charge on any atom is -0.333 e. The van der Waals surface area contributed by atoms with Gasteiger partial charge in [-0.2, -0.15) is 13.2 Å². The first kappa shape index (κ1) is 15.5. The summed E-state index contributed by atoms with van der Waals surface area (Å²) < 4.78 is 38.9. The fraction of sp³-hybridized carbons (Fsp3) is 0.462. The SMILES string of the molecule is CC1(C)CN=C(Nc2c(Cl)cccc2C(F)(F)F)SC1. The second kappa shape index (κ2) is 5.48. The van der Waals surface area contributed by atoms with Crippen molar-refractivity contribution in [3.8, 4) is 0 Å². The van der Waals surface area contributed by atoms with Crippen LogP contribution < -0.4 is 5.32 Å². The number of nitrogens with one attached hydrogen (secondary N) is 1. The number of alkyl halides is 3. The predicted molar refractivity (Wildman–Crippen MR) is 78.6 cm³/mol. The molecule has 1 aliphatic rings. The summed E-state index contributed by atoms with van der Waals surface area (Å²) in [5.74, 6) is 0.796. The standard InChI is InChI=1S/C13H14ClF3N2S/c1-12(2)6-18-11(20-7-12)19-10-8(13(15,16)17)4-3-5-9(10)14/h3-5H,6-7H2,1-2H3,(H,18,19). The number of thioether (sulfide) groups is 1. The fourth-order valence-corrected chi connectivity index (χ4v) is 2.88.